The average Bonchev–Trinajstić information content (AvgIpc) is 2.78. The number of allylic oxidation sites excluding steroid dienone is 4. The first-order valence-corrected chi connectivity index (χ1v) is 9.91. The van der Waals surface area contributed by atoms with Gasteiger partial charge in [0.25, 0.3) is 0 Å². The Morgan fingerprint density at radius 3 is 2.45 bits per heavy atom. The molecule has 6 rings (SSSR count). The predicted octanol–water partition coefficient (Wildman–Crippen LogP) is 5.81. The molecule has 1 atom stereocenters. The Morgan fingerprint density at radius 2 is 1.66 bits per heavy atom. The van der Waals surface area contributed by atoms with Crippen LogP contribution in [-0.4, -0.2) is 12.8 Å². The van der Waals surface area contributed by atoms with E-state index in [9.17, 15) is 0 Å². The van der Waals surface area contributed by atoms with Crippen molar-refractivity contribution in [1.82, 2.24) is 0 Å². The second kappa shape index (κ2) is 6.18. The van der Waals surface area contributed by atoms with Crippen LogP contribution < -0.4 is 5.22 Å². The molecule has 0 bridgehead atoms. The van der Waals surface area contributed by atoms with Crippen LogP contribution in [0.5, 0.6) is 0 Å². The lowest BCUT2D eigenvalue weighted by atomic mass is 9.77. The minimum Gasteiger partial charge on any atom is -0.495 e. The van der Waals surface area contributed by atoms with Crippen molar-refractivity contribution < 1.29 is 4.74 Å². The monoisotopic (exact) mass is 373 g/mol. The zero-order valence-corrected chi connectivity index (χ0v) is 16.1. The predicted molar refractivity (Wildman–Crippen MR) is 121 cm³/mol. The number of benzene rings is 4. The fourth-order valence-electron chi connectivity index (χ4n) is 4.76. The van der Waals surface area contributed by atoms with Gasteiger partial charge in [-0.1, -0.05) is 72.8 Å². The van der Waals surface area contributed by atoms with Crippen molar-refractivity contribution in [2.24, 2.45) is 4.99 Å². The Hall–Kier alpha value is -3.65. The number of hydrogen-bond acceptors (Lipinski definition) is 2. The highest BCUT2D eigenvalue weighted by Gasteiger charge is 2.30. The molecule has 0 radical (unpaired) electrons. The number of para-hydroxylation sites is 1. The van der Waals surface area contributed by atoms with Crippen molar-refractivity contribution in [3.8, 4) is 0 Å². The fourth-order valence-corrected chi connectivity index (χ4v) is 4.76. The van der Waals surface area contributed by atoms with Crippen molar-refractivity contribution in [2.45, 2.75) is 5.92 Å². The van der Waals surface area contributed by atoms with Gasteiger partial charge in [0.15, 0.2) is 0 Å². The number of nitrogens with zero attached hydrogens (tertiary/aromatic N) is 1. The molecule has 0 aliphatic heterocycles. The summed E-state index contributed by atoms with van der Waals surface area (Å²) in [6, 6.07) is 23.2. The highest BCUT2D eigenvalue weighted by atomic mass is 16.5. The van der Waals surface area contributed by atoms with E-state index in [1.165, 1.54) is 37.9 Å². The molecule has 4 aromatic carbocycles. The second-order valence-electron chi connectivity index (χ2n) is 7.52. The highest BCUT2D eigenvalue weighted by molar-refractivity contribution is 6.26. The maximum Gasteiger partial charge on any atom is 0.142 e. The van der Waals surface area contributed by atoms with Gasteiger partial charge in [-0.15, -0.1) is 0 Å². The molecule has 0 heterocycles. The summed E-state index contributed by atoms with van der Waals surface area (Å²) in [6.07, 6.45) is 8.84. The van der Waals surface area contributed by atoms with Crippen LogP contribution in [0.1, 0.15) is 17.0 Å². The molecule has 0 aromatic heterocycles. The van der Waals surface area contributed by atoms with Gasteiger partial charge in [-0.2, -0.15) is 0 Å². The molecule has 0 amide bonds. The van der Waals surface area contributed by atoms with Crippen LogP contribution in [0.4, 0.5) is 5.69 Å². The van der Waals surface area contributed by atoms with Gasteiger partial charge in [0.2, 0.25) is 0 Å². The molecule has 1 unspecified atom stereocenters. The molecule has 0 saturated carbocycles. The minimum absolute atomic E-state index is 0.193. The van der Waals surface area contributed by atoms with E-state index in [4.69, 9.17) is 9.73 Å². The normalized spacial score (nSPS) is 18.6. The number of fused-ring (bicyclic) bond motifs is 2. The Bertz CT molecular complexity index is 1420. The van der Waals surface area contributed by atoms with Gasteiger partial charge >= 0.3 is 0 Å². The molecule has 2 aliphatic carbocycles. The van der Waals surface area contributed by atoms with Crippen LogP contribution in [0, 0.1) is 0 Å². The van der Waals surface area contributed by atoms with E-state index in [1.54, 1.807) is 7.11 Å². The Kier molecular flexibility index (Phi) is 3.48. The van der Waals surface area contributed by atoms with Gasteiger partial charge in [0, 0.05) is 11.5 Å². The lowest BCUT2D eigenvalue weighted by Gasteiger charge is -2.28. The van der Waals surface area contributed by atoms with E-state index in [0.717, 1.165) is 17.2 Å². The summed E-state index contributed by atoms with van der Waals surface area (Å²) < 4.78 is 5.84. The number of aliphatic imine (C=N–C) groups is 1. The third-order valence-electron chi connectivity index (χ3n) is 5.96. The lowest BCUT2D eigenvalue weighted by molar-refractivity contribution is 0.312. The first-order valence-electron chi connectivity index (χ1n) is 9.91. The summed E-state index contributed by atoms with van der Waals surface area (Å²) in [5.41, 5.74) is 4.36. The van der Waals surface area contributed by atoms with E-state index in [0.29, 0.717) is 0 Å². The van der Waals surface area contributed by atoms with Crippen molar-refractivity contribution in [1.29, 1.82) is 0 Å². The standard InChI is InChI=1S/C27H19NO/c1-29-23-16-18-10-7-14-21-20-13-5-8-17-9-6-15-22(24(17)20)26(25(18)21)27(23)28-19-11-3-2-4-12-19/h2-16,18H,1H3. The third-order valence-corrected chi connectivity index (χ3v) is 5.96. The van der Waals surface area contributed by atoms with E-state index < -0.39 is 0 Å². The van der Waals surface area contributed by atoms with Crippen LogP contribution in [0.2, 0.25) is 0 Å². The SMILES string of the molecule is COC1=CC2C=CC=c3c2c(c2cccc4cccc3c42)C1=Nc1ccccc1. The largest absolute Gasteiger partial charge is 0.495 e. The first kappa shape index (κ1) is 16.3. The quantitative estimate of drug-likeness (QED) is 0.434. The molecule has 4 aromatic rings. The summed E-state index contributed by atoms with van der Waals surface area (Å²) in [6.45, 7) is 0. The molecule has 29 heavy (non-hydrogen) atoms. The van der Waals surface area contributed by atoms with Crippen molar-refractivity contribution in [3.63, 3.8) is 0 Å². The zero-order valence-electron chi connectivity index (χ0n) is 16.1. The van der Waals surface area contributed by atoms with Crippen molar-refractivity contribution in [2.75, 3.05) is 7.11 Å². The molecule has 2 aliphatic rings. The van der Waals surface area contributed by atoms with Crippen LogP contribution in [0.15, 0.2) is 95.7 Å². The summed E-state index contributed by atoms with van der Waals surface area (Å²) in [4.78, 5) is 5.06. The van der Waals surface area contributed by atoms with Gasteiger partial charge < -0.3 is 4.74 Å². The van der Waals surface area contributed by atoms with Gasteiger partial charge in [-0.25, -0.2) is 4.99 Å². The highest BCUT2D eigenvalue weighted by Crippen LogP contribution is 2.39. The first-order chi connectivity index (χ1) is 14.3. The molecular formula is C27H19NO. The van der Waals surface area contributed by atoms with Gasteiger partial charge in [0.1, 0.15) is 11.5 Å². The van der Waals surface area contributed by atoms with E-state index in [-0.39, 0.29) is 5.92 Å². The van der Waals surface area contributed by atoms with E-state index in [2.05, 4.69) is 60.7 Å². The molecule has 2 nitrogen and oxygen atoms in total. The van der Waals surface area contributed by atoms with Crippen LogP contribution in [0.3, 0.4) is 0 Å². The van der Waals surface area contributed by atoms with Gasteiger partial charge in [-0.3, -0.25) is 0 Å². The molecule has 0 spiro atoms. The van der Waals surface area contributed by atoms with E-state index in [1.807, 2.05) is 30.3 Å². The molecule has 0 saturated heterocycles. The van der Waals surface area contributed by atoms with Gasteiger partial charge in [-0.05, 0) is 50.5 Å². The third kappa shape index (κ3) is 2.32. The molecular weight excluding hydrogens is 354 g/mol. The average molecular weight is 373 g/mol. The van der Waals surface area contributed by atoms with Crippen LogP contribution in [-0.2, 0) is 4.74 Å². The fraction of sp³-hybridized carbons (Fsp3) is 0.0741. The number of hydrogen-bond donors (Lipinski definition) is 0. The summed E-state index contributed by atoms with van der Waals surface area (Å²) in [7, 11) is 1.73. The summed E-state index contributed by atoms with van der Waals surface area (Å²) in [5, 5.41) is 6.39. The van der Waals surface area contributed by atoms with Crippen molar-refractivity contribution >= 4 is 39.0 Å². The maximum atomic E-state index is 5.84. The Morgan fingerprint density at radius 1 is 0.862 bits per heavy atom. The number of methoxy groups -OCH3 is 1. The maximum absolute atomic E-state index is 5.84. The molecule has 0 fully saturated rings. The number of rotatable bonds is 2. The van der Waals surface area contributed by atoms with Crippen LogP contribution >= 0.6 is 0 Å². The topological polar surface area (TPSA) is 21.6 Å². The molecule has 2 heteroatoms. The van der Waals surface area contributed by atoms with E-state index >= 15 is 0 Å². The van der Waals surface area contributed by atoms with Gasteiger partial charge in [0.05, 0.1) is 12.8 Å². The van der Waals surface area contributed by atoms with Crippen molar-refractivity contribution in [3.05, 3.63) is 107 Å². The smallest absolute Gasteiger partial charge is 0.142 e. The summed E-state index contributed by atoms with van der Waals surface area (Å²) >= 11 is 0. The number of ether oxygens (including phenoxy) is 1. The summed E-state index contributed by atoms with van der Waals surface area (Å²) in [5.74, 6) is 1.03. The Balaban J connectivity index is 1.82. The molecule has 0 N–H and O–H groups in total. The second-order valence-corrected chi connectivity index (χ2v) is 7.52. The minimum atomic E-state index is 0.193. The zero-order chi connectivity index (χ0) is 19.4. The Labute approximate surface area is 169 Å². The lowest BCUT2D eigenvalue weighted by Crippen LogP contribution is -2.27. The molecule has 138 valence electrons. The van der Waals surface area contributed by atoms with Crippen LogP contribution in [0.25, 0.3) is 27.6 Å².